The molecule has 3 aromatic rings. The van der Waals surface area contributed by atoms with E-state index in [1.165, 1.54) is 16.4 Å². The molecule has 0 saturated carbocycles. The van der Waals surface area contributed by atoms with Crippen molar-refractivity contribution in [2.45, 2.75) is 9.79 Å². The minimum absolute atomic E-state index is 0.128. The van der Waals surface area contributed by atoms with Gasteiger partial charge in [-0.15, -0.1) is 0 Å². The number of hydrogen-bond acceptors (Lipinski definition) is 3. The fourth-order valence-electron chi connectivity index (χ4n) is 1.89. The van der Waals surface area contributed by atoms with Gasteiger partial charge in [-0.25, -0.2) is 0 Å². The molecule has 0 atom stereocenters. The molecular formula is C16H10Cl2N2OS. The van der Waals surface area contributed by atoms with E-state index in [9.17, 15) is 4.79 Å². The number of halogens is 2. The van der Waals surface area contributed by atoms with Crippen molar-refractivity contribution in [1.82, 2.24) is 9.78 Å². The van der Waals surface area contributed by atoms with E-state index in [0.29, 0.717) is 15.6 Å². The zero-order valence-electron chi connectivity index (χ0n) is 11.2. The number of para-hydroxylation sites is 1. The molecular weight excluding hydrogens is 339 g/mol. The quantitative estimate of drug-likeness (QED) is 0.688. The van der Waals surface area contributed by atoms with Crippen LogP contribution in [0.15, 0.2) is 75.4 Å². The third-order valence-corrected chi connectivity index (χ3v) is 4.97. The van der Waals surface area contributed by atoms with Crippen LogP contribution in [0.1, 0.15) is 0 Å². The summed E-state index contributed by atoms with van der Waals surface area (Å²) in [6.45, 7) is 0. The molecule has 0 unspecified atom stereocenters. The van der Waals surface area contributed by atoms with Gasteiger partial charge < -0.3 is 0 Å². The highest BCUT2D eigenvalue weighted by molar-refractivity contribution is 7.99. The second-order valence-corrected chi connectivity index (χ2v) is 6.28. The van der Waals surface area contributed by atoms with Crippen molar-refractivity contribution in [3.05, 3.63) is 81.2 Å². The highest BCUT2D eigenvalue weighted by atomic mass is 35.5. The van der Waals surface area contributed by atoms with Gasteiger partial charge in [0, 0.05) is 4.90 Å². The third kappa shape index (κ3) is 3.04. The van der Waals surface area contributed by atoms with Crippen LogP contribution in [-0.2, 0) is 0 Å². The van der Waals surface area contributed by atoms with Crippen LogP contribution in [0.3, 0.4) is 0 Å². The molecule has 0 aliphatic carbocycles. The number of hydrogen-bond donors (Lipinski definition) is 0. The summed E-state index contributed by atoms with van der Waals surface area (Å²) in [5, 5.41) is 4.93. The molecule has 1 heterocycles. The van der Waals surface area contributed by atoms with Gasteiger partial charge in [0.15, 0.2) is 0 Å². The Hall–Kier alpha value is -1.75. The van der Waals surface area contributed by atoms with E-state index in [-0.39, 0.29) is 10.6 Å². The molecule has 0 amide bonds. The monoisotopic (exact) mass is 348 g/mol. The summed E-state index contributed by atoms with van der Waals surface area (Å²) in [4.78, 5) is 13.8. The van der Waals surface area contributed by atoms with Crippen LogP contribution in [0.4, 0.5) is 0 Å². The molecule has 2 aromatic carbocycles. The maximum Gasteiger partial charge on any atom is 0.291 e. The molecule has 0 bridgehead atoms. The van der Waals surface area contributed by atoms with Gasteiger partial charge in [-0.05, 0) is 24.3 Å². The van der Waals surface area contributed by atoms with Crippen molar-refractivity contribution in [3.8, 4) is 5.69 Å². The van der Waals surface area contributed by atoms with Gasteiger partial charge in [0.25, 0.3) is 5.56 Å². The van der Waals surface area contributed by atoms with Gasteiger partial charge in [0.05, 0.1) is 21.8 Å². The number of aromatic nitrogens is 2. The number of nitrogens with zero attached hydrogens (tertiary/aromatic N) is 2. The largest absolute Gasteiger partial charge is 0.291 e. The molecule has 0 N–H and O–H groups in total. The van der Waals surface area contributed by atoms with Crippen LogP contribution in [-0.4, -0.2) is 9.78 Å². The smallest absolute Gasteiger partial charge is 0.266 e. The van der Waals surface area contributed by atoms with Crippen molar-refractivity contribution >= 4 is 35.0 Å². The molecule has 110 valence electrons. The minimum atomic E-state index is -0.357. The van der Waals surface area contributed by atoms with Crippen molar-refractivity contribution in [2.75, 3.05) is 0 Å². The molecule has 0 radical (unpaired) electrons. The number of rotatable bonds is 3. The maximum absolute atomic E-state index is 12.4. The summed E-state index contributed by atoms with van der Waals surface area (Å²) in [5.74, 6) is 0. The first-order valence-corrected chi connectivity index (χ1v) is 7.99. The predicted molar refractivity (Wildman–Crippen MR) is 90.4 cm³/mol. The predicted octanol–water partition coefficient (Wildman–Crippen LogP) is 4.69. The number of benzene rings is 2. The molecule has 6 heteroatoms. The van der Waals surface area contributed by atoms with E-state index in [1.54, 1.807) is 24.4 Å². The highest BCUT2D eigenvalue weighted by Gasteiger charge is 2.12. The first-order chi connectivity index (χ1) is 10.7. The Balaban J connectivity index is 2.01. The first kappa shape index (κ1) is 15.2. The van der Waals surface area contributed by atoms with E-state index >= 15 is 0 Å². The van der Waals surface area contributed by atoms with Crippen LogP contribution >= 0.6 is 35.0 Å². The van der Waals surface area contributed by atoms with Gasteiger partial charge in [-0.3, -0.25) is 4.79 Å². The van der Waals surface area contributed by atoms with Crippen LogP contribution in [0, 0.1) is 0 Å². The van der Waals surface area contributed by atoms with E-state index in [1.807, 2.05) is 36.4 Å². The van der Waals surface area contributed by atoms with Crippen molar-refractivity contribution in [1.29, 1.82) is 0 Å². The first-order valence-electron chi connectivity index (χ1n) is 6.42. The molecule has 22 heavy (non-hydrogen) atoms. The molecule has 0 fully saturated rings. The zero-order valence-corrected chi connectivity index (χ0v) is 13.6. The lowest BCUT2D eigenvalue weighted by atomic mass is 10.3. The van der Waals surface area contributed by atoms with Crippen molar-refractivity contribution in [3.63, 3.8) is 0 Å². The summed E-state index contributed by atoms with van der Waals surface area (Å²) < 4.78 is 1.28. The van der Waals surface area contributed by atoms with Gasteiger partial charge in [0.2, 0.25) is 0 Å². The van der Waals surface area contributed by atoms with Crippen molar-refractivity contribution < 1.29 is 0 Å². The van der Waals surface area contributed by atoms with Gasteiger partial charge in [-0.1, -0.05) is 65.3 Å². The Bertz CT molecular complexity index is 866. The molecule has 0 aliphatic rings. The topological polar surface area (TPSA) is 34.9 Å². The molecule has 0 spiro atoms. The second-order valence-electron chi connectivity index (χ2n) is 4.41. The van der Waals surface area contributed by atoms with E-state index in [4.69, 9.17) is 23.2 Å². The van der Waals surface area contributed by atoms with Crippen molar-refractivity contribution in [2.24, 2.45) is 0 Å². The van der Waals surface area contributed by atoms with Gasteiger partial charge in [0.1, 0.15) is 5.02 Å². The third-order valence-electron chi connectivity index (χ3n) is 2.94. The Morgan fingerprint density at radius 2 is 1.59 bits per heavy atom. The van der Waals surface area contributed by atoms with Crippen LogP contribution < -0.4 is 5.56 Å². The Morgan fingerprint density at radius 3 is 2.32 bits per heavy atom. The second kappa shape index (κ2) is 6.57. The van der Waals surface area contributed by atoms with Gasteiger partial charge >= 0.3 is 0 Å². The summed E-state index contributed by atoms with van der Waals surface area (Å²) in [6.07, 6.45) is 1.57. The summed E-state index contributed by atoms with van der Waals surface area (Å²) >= 11 is 13.7. The molecule has 3 nitrogen and oxygen atoms in total. The fourth-order valence-corrected chi connectivity index (χ4v) is 3.21. The standard InChI is InChI=1S/C16H10Cl2N2OS/c17-12-8-4-5-9-13(12)22-14-10-19-20(16(21)15(14)18)11-6-2-1-3-7-11/h1-10H. The lowest BCUT2D eigenvalue weighted by Gasteiger charge is -2.08. The van der Waals surface area contributed by atoms with Crippen LogP contribution in [0.25, 0.3) is 5.69 Å². The SMILES string of the molecule is O=c1c(Cl)c(Sc2ccccc2Cl)cnn1-c1ccccc1. The average Bonchev–Trinajstić information content (AvgIpc) is 2.55. The van der Waals surface area contributed by atoms with E-state index in [0.717, 1.165) is 4.90 Å². The normalized spacial score (nSPS) is 10.6. The molecule has 0 aliphatic heterocycles. The lowest BCUT2D eigenvalue weighted by molar-refractivity contribution is 0.791. The zero-order chi connectivity index (χ0) is 15.5. The van der Waals surface area contributed by atoms with E-state index < -0.39 is 0 Å². The highest BCUT2D eigenvalue weighted by Crippen LogP contribution is 2.35. The van der Waals surface area contributed by atoms with Gasteiger partial charge in [-0.2, -0.15) is 9.78 Å². The minimum Gasteiger partial charge on any atom is -0.266 e. The van der Waals surface area contributed by atoms with Crippen LogP contribution in [0.2, 0.25) is 10.0 Å². The van der Waals surface area contributed by atoms with Crippen LogP contribution in [0.5, 0.6) is 0 Å². The Kier molecular flexibility index (Phi) is 4.52. The molecule has 1 aromatic heterocycles. The average molecular weight is 349 g/mol. The Morgan fingerprint density at radius 1 is 0.909 bits per heavy atom. The molecule has 0 saturated heterocycles. The molecule has 3 rings (SSSR count). The maximum atomic E-state index is 12.4. The fraction of sp³-hybridized carbons (Fsp3) is 0. The summed E-state index contributed by atoms with van der Waals surface area (Å²) in [6, 6.07) is 16.5. The Labute approximate surface area is 141 Å². The van der Waals surface area contributed by atoms with E-state index in [2.05, 4.69) is 5.10 Å². The summed E-state index contributed by atoms with van der Waals surface area (Å²) in [7, 11) is 0. The summed E-state index contributed by atoms with van der Waals surface area (Å²) in [5.41, 5.74) is 0.314. The lowest BCUT2D eigenvalue weighted by Crippen LogP contribution is -2.21.